The van der Waals surface area contributed by atoms with Crippen molar-refractivity contribution in [3.63, 3.8) is 0 Å². The lowest BCUT2D eigenvalue weighted by atomic mass is 10.3. The van der Waals surface area contributed by atoms with Crippen molar-refractivity contribution in [1.82, 2.24) is 24.2 Å². The fourth-order valence-electron chi connectivity index (χ4n) is 3.09. The van der Waals surface area contributed by atoms with Crippen LogP contribution in [0.1, 0.15) is 6.42 Å². The first-order valence-electron chi connectivity index (χ1n) is 8.50. The number of rotatable bonds is 4. The van der Waals surface area contributed by atoms with Crippen LogP contribution >= 0.6 is 11.3 Å². The monoisotopic (exact) mass is 373 g/mol. The summed E-state index contributed by atoms with van der Waals surface area (Å²) in [5.74, 6) is -0.0965. The molecule has 4 heterocycles. The minimum atomic E-state index is -0.169. The van der Waals surface area contributed by atoms with Gasteiger partial charge in [-0.2, -0.15) is 5.10 Å². The maximum absolute atomic E-state index is 12.8. The molecule has 1 atom stereocenters. The number of fused-ring (bicyclic) bond motifs is 1. The van der Waals surface area contributed by atoms with Crippen LogP contribution in [0.3, 0.4) is 0 Å². The molecule has 0 aromatic carbocycles. The van der Waals surface area contributed by atoms with Gasteiger partial charge < -0.3 is 9.64 Å². The first-order valence-corrected chi connectivity index (χ1v) is 9.38. The Labute approximate surface area is 153 Å². The molecule has 1 saturated heterocycles. The Balaban J connectivity index is 1.47. The van der Waals surface area contributed by atoms with E-state index in [1.165, 1.54) is 22.2 Å². The van der Waals surface area contributed by atoms with E-state index in [9.17, 15) is 9.59 Å². The van der Waals surface area contributed by atoms with Crippen LogP contribution in [0.25, 0.3) is 10.2 Å². The molecule has 1 aliphatic rings. The molecule has 0 N–H and O–H groups in total. The normalized spacial score (nSPS) is 18.2. The Morgan fingerprint density at radius 1 is 1.42 bits per heavy atom. The van der Waals surface area contributed by atoms with E-state index in [4.69, 9.17) is 4.74 Å². The second-order valence-corrected chi connectivity index (χ2v) is 7.14. The summed E-state index contributed by atoms with van der Waals surface area (Å²) in [4.78, 5) is 31.3. The lowest BCUT2D eigenvalue weighted by molar-refractivity contribution is -0.132. The van der Waals surface area contributed by atoms with E-state index in [1.807, 2.05) is 17.6 Å². The number of nitrogens with zero attached hydrogens (tertiary/aromatic N) is 5. The van der Waals surface area contributed by atoms with Crippen molar-refractivity contribution in [3.8, 4) is 0 Å². The van der Waals surface area contributed by atoms with Gasteiger partial charge in [0.15, 0.2) is 0 Å². The molecule has 1 fully saturated rings. The summed E-state index contributed by atoms with van der Waals surface area (Å²) in [6.45, 7) is 2.31. The van der Waals surface area contributed by atoms with Gasteiger partial charge in [0.25, 0.3) is 5.56 Å². The molecule has 4 rings (SSSR count). The molecule has 136 valence electrons. The summed E-state index contributed by atoms with van der Waals surface area (Å²) in [5, 5.41) is 6.03. The van der Waals surface area contributed by atoms with E-state index in [0.717, 1.165) is 6.42 Å². The molecule has 9 heteroatoms. The minimum absolute atomic E-state index is 0.00579. The van der Waals surface area contributed by atoms with E-state index >= 15 is 0 Å². The van der Waals surface area contributed by atoms with E-state index in [1.54, 1.807) is 21.8 Å². The number of aromatic nitrogens is 4. The summed E-state index contributed by atoms with van der Waals surface area (Å²) >= 11 is 1.35. The van der Waals surface area contributed by atoms with Crippen molar-refractivity contribution < 1.29 is 9.53 Å². The van der Waals surface area contributed by atoms with Crippen LogP contribution in [-0.4, -0.2) is 55.9 Å². The summed E-state index contributed by atoms with van der Waals surface area (Å²) in [6.07, 6.45) is 5.71. The first-order chi connectivity index (χ1) is 12.7. The summed E-state index contributed by atoms with van der Waals surface area (Å²) in [6, 6.07) is 3.67. The van der Waals surface area contributed by atoms with Gasteiger partial charge in [-0.25, -0.2) is 4.98 Å². The average Bonchev–Trinajstić information content (AvgIpc) is 3.26. The van der Waals surface area contributed by atoms with Gasteiger partial charge in [-0.3, -0.25) is 18.8 Å². The fraction of sp³-hybridized carbons (Fsp3) is 0.412. The van der Waals surface area contributed by atoms with Gasteiger partial charge in [-0.1, -0.05) is 0 Å². The molecule has 1 aliphatic heterocycles. The van der Waals surface area contributed by atoms with Gasteiger partial charge in [0.2, 0.25) is 5.91 Å². The van der Waals surface area contributed by atoms with Crippen molar-refractivity contribution in [3.05, 3.63) is 46.6 Å². The molecular weight excluding hydrogens is 354 g/mol. The van der Waals surface area contributed by atoms with Gasteiger partial charge in [0, 0.05) is 32.1 Å². The average molecular weight is 373 g/mol. The van der Waals surface area contributed by atoms with Crippen molar-refractivity contribution >= 4 is 27.5 Å². The van der Waals surface area contributed by atoms with Gasteiger partial charge in [-0.05, 0) is 23.9 Å². The molecular formula is C17H19N5O3S. The van der Waals surface area contributed by atoms with Crippen LogP contribution in [0, 0.1) is 0 Å². The Kier molecular flexibility index (Phi) is 4.81. The predicted molar refractivity (Wildman–Crippen MR) is 97.0 cm³/mol. The fourth-order valence-corrected chi connectivity index (χ4v) is 3.88. The molecule has 0 bridgehead atoms. The predicted octanol–water partition coefficient (Wildman–Crippen LogP) is 0.972. The summed E-state index contributed by atoms with van der Waals surface area (Å²) in [7, 11) is 0. The molecule has 0 spiro atoms. The molecule has 26 heavy (non-hydrogen) atoms. The Morgan fingerprint density at radius 2 is 2.35 bits per heavy atom. The third-order valence-corrected chi connectivity index (χ3v) is 5.29. The number of ether oxygens (including phenoxy) is 1. The Morgan fingerprint density at radius 3 is 3.19 bits per heavy atom. The van der Waals surface area contributed by atoms with E-state index < -0.39 is 0 Å². The molecule has 0 radical (unpaired) electrons. The van der Waals surface area contributed by atoms with Crippen LogP contribution in [-0.2, 0) is 22.6 Å². The van der Waals surface area contributed by atoms with Gasteiger partial charge in [0.1, 0.15) is 11.2 Å². The zero-order chi connectivity index (χ0) is 17.9. The highest BCUT2D eigenvalue weighted by atomic mass is 32.1. The lowest BCUT2D eigenvalue weighted by Crippen LogP contribution is -2.41. The standard InChI is InChI=1S/C17H19N5O3S/c23-15(11-21-12-18-14-3-8-26-16(14)17(21)24)20-5-2-7-25-13(9-20)10-22-6-1-4-19-22/h1,3-4,6,8,12-13H,2,5,7,9-11H2. The highest BCUT2D eigenvalue weighted by molar-refractivity contribution is 7.17. The van der Waals surface area contributed by atoms with E-state index in [0.29, 0.717) is 36.5 Å². The maximum Gasteiger partial charge on any atom is 0.271 e. The summed E-state index contributed by atoms with van der Waals surface area (Å²) in [5.41, 5.74) is 0.503. The molecule has 3 aromatic rings. The molecule has 1 amide bonds. The van der Waals surface area contributed by atoms with Crippen molar-refractivity contribution in [1.29, 1.82) is 0 Å². The zero-order valence-corrected chi connectivity index (χ0v) is 15.0. The van der Waals surface area contributed by atoms with Crippen LogP contribution in [0.4, 0.5) is 0 Å². The van der Waals surface area contributed by atoms with Crippen LogP contribution in [0.15, 0.2) is 41.0 Å². The van der Waals surface area contributed by atoms with Gasteiger partial charge in [0.05, 0.1) is 24.5 Å². The van der Waals surface area contributed by atoms with Crippen molar-refractivity contribution in [2.45, 2.75) is 25.6 Å². The van der Waals surface area contributed by atoms with Gasteiger partial charge in [-0.15, -0.1) is 11.3 Å². The van der Waals surface area contributed by atoms with Crippen LogP contribution in [0.5, 0.6) is 0 Å². The zero-order valence-electron chi connectivity index (χ0n) is 14.2. The number of hydrogen-bond acceptors (Lipinski definition) is 6. The van der Waals surface area contributed by atoms with Crippen molar-refractivity contribution in [2.75, 3.05) is 19.7 Å². The minimum Gasteiger partial charge on any atom is -0.374 e. The smallest absolute Gasteiger partial charge is 0.271 e. The highest BCUT2D eigenvalue weighted by Gasteiger charge is 2.23. The number of carbonyl (C=O) groups is 1. The third kappa shape index (κ3) is 3.54. The third-order valence-electron chi connectivity index (χ3n) is 4.39. The Hall–Kier alpha value is -2.52. The van der Waals surface area contributed by atoms with E-state index in [-0.39, 0.29) is 24.1 Å². The molecule has 0 saturated carbocycles. The molecule has 1 unspecified atom stereocenters. The highest BCUT2D eigenvalue weighted by Crippen LogP contribution is 2.13. The molecule has 0 aliphatic carbocycles. The van der Waals surface area contributed by atoms with E-state index in [2.05, 4.69) is 10.1 Å². The second-order valence-electron chi connectivity index (χ2n) is 6.23. The Bertz CT molecular complexity index is 949. The number of thiophene rings is 1. The first kappa shape index (κ1) is 16.9. The number of carbonyl (C=O) groups excluding carboxylic acids is 1. The van der Waals surface area contributed by atoms with Crippen molar-refractivity contribution in [2.24, 2.45) is 0 Å². The largest absolute Gasteiger partial charge is 0.374 e. The molecule has 8 nitrogen and oxygen atoms in total. The summed E-state index contributed by atoms with van der Waals surface area (Å²) < 4.78 is 9.61. The SMILES string of the molecule is O=C(Cn1cnc2ccsc2c1=O)N1CCCOC(Cn2cccn2)C1. The lowest BCUT2D eigenvalue weighted by Gasteiger charge is -2.24. The van der Waals surface area contributed by atoms with Crippen LogP contribution in [0.2, 0.25) is 0 Å². The topological polar surface area (TPSA) is 82.3 Å². The molecule has 3 aromatic heterocycles. The van der Waals surface area contributed by atoms with Gasteiger partial charge >= 0.3 is 0 Å². The quantitative estimate of drug-likeness (QED) is 0.681. The van der Waals surface area contributed by atoms with Crippen LogP contribution < -0.4 is 5.56 Å². The number of hydrogen-bond donors (Lipinski definition) is 0. The maximum atomic E-state index is 12.8. The number of amides is 1. The second kappa shape index (κ2) is 7.38.